The van der Waals surface area contributed by atoms with Crippen LogP contribution in [0.2, 0.25) is 0 Å². The summed E-state index contributed by atoms with van der Waals surface area (Å²) in [5.74, 6) is 0.609. The van der Waals surface area contributed by atoms with E-state index in [2.05, 4.69) is 31.0 Å². The van der Waals surface area contributed by atoms with Gasteiger partial charge < -0.3 is 5.73 Å². The smallest absolute Gasteiger partial charge is 0.0501 e. The van der Waals surface area contributed by atoms with Crippen LogP contribution < -0.4 is 5.73 Å². The second-order valence-corrected chi connectivity index (χ2v) is 5.42. The Hall–Kier alpha value is -1.35. The van der Waals surface area contributed by atoms with Crippen LogP contribution in [0.1, 0.15) is 35.2 Å². The van der Waals surface area contributed by atoms with E-state index in [0.29, 0.717) is 5.92 Å². The lowest BCUT2D eigenvalue weighted by Crippen LogP contribution is -1.91. The summed E-state index contributed by atoms with van der Waals surface area (Å²) in [5.41, 5.74) is 7.40. The quantitative estimate of drug-likeness (QED) is 0.880. The number of rotatable bonds is 3. The van der Waals surface area contributed by atoms with E-state index in [4.69, 9.17) is 5.73 Å². The molecule has 84 valence electrons. The maximum absolute atomic E-state index is 5.60. The fourth-order valence-electron chi connectivity index (χ4n) is 1.52. The Balaban J connectivity index is 2.11. The number of nitrogens with two attached hydrogens (primary N) is 1. The Morgan fingerprint density at radius 3 is 2.62 bits per heavy atom. The number of pyridine rings is 1. The van der Waals surface area contributed by atoms with Crippen molar-refractivity contribution < 1.29 is 0 Å². The van der Waals surface area contributed by atoms with Crippen molar-refractivity contribution in [1.29, 1.82) is 0 Å². The van der Waals surface area contributed by atoms with E-state index in [0.717, 1.165) is 17.8 Å². The highest BCUT2D eigenvalue weighted by molar-refractivity contribution is 7.12. The van der Waals surface area contributed by atoms with Gasteiger partial charge in [-0.3, -0.25) is 4.98 Å². The summed E-state index contributed by atoms with van der Waals surface area (Å²) in [5, 5.41) is 0. The second-order valence-electron chi connectivity index (χ2n) is 4.22. The van der Waals surface area contributed by atoms with Crippen molar-refractivity contribution in [3.8, 4) is 0 Å². The fraction of sp³-hybridized carbons (Fsp3) is 0.308. The highest BCUT2D eigenvalue weighted by Crippen LogP contribution is 2.25. The van der Waals surface area contributed by atoms with Crippen LogP contribution in [0, 0.1) is 0 Å². The average molecular weight is 232 g/mol. The molecule has 2 N–H and O–H groups in total. The van der Waals surface area contributed by atoms with E-state index >= 15 is 0 Å². The fourth-order valence-corrected chi connectivity index (χ4v) is 2.55. The van der Waals surface area contributed by atoms with Gasteiger partial charge in [-0.15, -0.1) is 11.3 Å². The first-order chi connectivity index (χ1) is 7.65. The number of hydrogen-bond acceptors (Lipinski definition) is 3. The van der Waals surface area contributed by atoms with Gasteiger partial charge in [-0.1, -0.05) is 13.8 Å². The van der Waals surface area contributed by atoms with Crippen molar-refractivity contribution >= 4 is 17.0 Å². The van der Waals surface area contributed by atoms with Crippen molar-refractivity contribution in [3.63, 3.8) is 0 Å². The van der Waals surface area contributed by atoms with Crippen LogP contribution in [0.5, 0.6) is 0 Å². The number of thiophene rings is 1. The summed E-state index contributed by atoms with van der Waals surface area (Å²) in [4.78, 5) is 7.11. The molecule has 0 fully saturated rings. The highest BCUT2D eigenvalue weighted by Gasteiger charge is 2.05. The van der Waals surface area contributed by atoms with Crippen molar-refractivity contribution in [2.24, 2.45) is 0 Å². The normalized spacial score (nSPS) is 10.9. The zero-order valence-corrected chi connectivity index (χ0v) is 10.4. The molecule has 0 saturated heterocycles. The van der Waals surface area contributed by atoms with Crippen molar-refractivity contribution in [3.05, 3.63) is 45.9 Å². The van der Waals surface area contributed by atoms with Crippen molar-refractivity contribution in [2.75, 3.05) is 5.73 Å². The van der Waals surface area contributed by atoms with Crippen LogP contribution in [0.25, 0.3) is 0 Å². The molecule has 0 aromatic carbocycles. The zero-order chi connectivity index (χ0) is 11.5. The topological polar surface area (TPSA) is 38.9 Å². The average Bonchev–Trinajstić information content (AvgIpc) is 2.70. The van der Waals surface area contributed by atoms with Gasteiger partial charge in [0.25, 0.3) is 0 Å². The first kappa shape index (κ1) is 11.1. The van der Waals surface area contributed by atoms with Crippen LogP contribution >= 0.6 is 11.3 Å². The lowest BCUT2D eigenvalue weighted by atomic mass is 10.2. The molecule has 0 aliphatic carbocycles. The Kier molecular flexibility index (Phi) is 3.25. The maximum atomic E-state index is 5.60. The summed E-state index contributed by atoms with van der Waals surface area (Å²) < 4.78 is 0. The maximum Gasteiger partial charge on any atom is 0.0501 e. The van der Waals surface area contributed by atoms with Gasteiger partial charge in [0.15, 0.2) is 0 Å². The lowest BCUT2D eigenvalue weighted by Gasteiger charge is -2.00. The van der Waals surface area contributed by atoms with E-state index in [9.17, 15) is 0 Å². The molecular formula is C13H16N2S. The predicted molar refractivity (Wildman–Crippen MR) is 69.9 cm³/mol. The first-order valence-corrected chi connectivity index (χ1v) is 6.26. The molecule has 0 aliphatic rings. The minimum absolute atomic E-state index is 0.609. The van der Waals surface area contributed by atoms with Gasteiger partial charge in [-0.25, -0.2) is 0 Å². The summed E-state index contributed by atoms with van der Waals surface area (Å²) in [6.07, 6.45) is 2.62. The summed E-state index contributed by atoms with van der Waals surface area (Å²) in [6.45, 7) is 4.44. The first-order valence-electron chi connectivity index (χ1n) is 5.44. The van der Waals surface area contributed by atoms with E-state index in [1.165, 1.54) is 9.75 Å². The molecule has 0 atom stereocenters. The minimum Gasteiger partial charge on any atom is -0.397 e. The molecule has 0 aliphatic heterocycles. The third-order valence-electron chi connectivity index (χ3n) is 2.45. The predicted octanol–water partition coefficient (Wildman–Crippen LogP) is 3.44. The number of nitrogen functional groups attached to an aromatic ring is 1. The van der Waals surface area contributed by atoms with Gasteiger partial charge in [0, 0.05) is 21.9 Å². The van der Waals surface area contributed by atoms with E-state index < -0.39 is 0 Å². The van der Waals surface area contributed by atoms with Gasteiger partial charge in [0.2, 0.25) is 0 Å². The summed E-state index contributed by atoms with van der Waals surface area (Å²) in [6, 6.07) is 8.30. The number of anilines is 1. The van der Waals surface area contributed by atoms with Crippen LogP contribution in [0.4, 0.5) is 5.69 Å². The molecule has 0 saturated carbocycles. The van der Waals surface area contributed by atoms with Gasteiger partial charge in [-0.2, -0.15) is 0 Å². The van der Waals surface area contributed by atoms with Gasteiger partial charge in [0.05, 0.1) is 11.9 Å². The molecule has 2 rings (SSSR count). The Morgan fingerprint density at radius 1 is 1.25 bits per heavy atom. The molecule has 2 heterocycles. The Bertz CT molecular complexity index is 457. The largest absolute Gasteiger partial charge is 0.397 e. The number of hydrogen-bond donors (Lipinski definition) is 1. The number of aromatic nitrogens is 1. The minimum atomic E-state index is 0.609. The molecule has 2 aromatic rings. The van der Waals surface area contributed by atoms with Crippen LogP contribution in [-0.4, -0.2) is 4.98 Å². The summed E-state index contributed by atoms with van der Waals surface area (Å²) in [7, 11) is 0. The van der Waals surface area contributed by atoms with Crippen LogP contribution in [0.3, 0.4) is 0 Å². The molecule has 3 heteroatoms. The molecule has 0 spiro atoms. The lowest BCUT2D eigenvalue weighted by molar-refractivity contribution is 0.890. The SMILES string of the molecule is CC(C)c1ccc(Cc2ccc(N)cn2)s1. The van der Waals surface area contributed by atoms with Crippen molar-refractivity contribution in [1.82, 2.24) is 4.98 Å². The monoisotopic (exact) mass is 232 g/mol. The second kappa shape index (κ2) is 4.66. The third-order valence-corrected chi connectivity index (χ3v) is 3.84. The third kappa shape index (κ3) is 2.61. The molecule has 0 unspecified atom stereocenters. The highest BCUT2D eigenvalue weighted by atomic mass is 32.1. The molecule has 0 bridgehead atoms. The van der Waals surface area contributed by atoms with Gasteiger partial charge >= 0.3 is 0 Å². The standard InChI is InChI=1S/C13H16N2S/c1-9(2)13-6-5-12(16-13)7-11-4-3-10(14)8-15-11/h3-6,8-9H,7,14H2,1-2H3. The van der Waals surface area contributed by atoms with E-state index in [-0.39, 0.29) is 0 Å². The molecule has 2 aromatic heterocycles. The molecule has 0 radical (unpaired) electrons. The molecule has 0 amide bonds. The van der Waals surface area contributed by atoms with Crippen LogP contribution in [-0.2, 0) is 6.42 Å². The van der Waals surface area contributed by atoms with E-state index in [1.807, 2.05) is 23.5 Å². The van der Waals surface area contributed by atoms with E-state index in [1.54, 1.807) is 6.20 Å². The molecular weight excluding hydrogens is 216 g/mol. The van der Waals surface area contributed by atoms with Crippen LogP contribution in [0.15, 0.2) is 30.5 Å². The van der Waals surface area contributed by atoms with Crippen molar-refractivity contribution in [2.45, 2.75) is 26.2 Å². The zero-order valence-electron chi connectivity index (χ0n) is 9.60. The Morgan fingerprint density at radius 2 is 2.06 bits per heavy atom. The van der Waals surface area contributed by atoms with Gasteiger partial charge in [-0.05, 0) is 30.2 Å². The molecule has 2 nitrogen and oxygen atoms in total. The molecule has 16 heavy (non-hydrogen) atoms. The van der Waals surface area contributed by atoms with Gasteiger partial charge in [0.1, 0.15) is 0 Å². The summed E-state index contributed by atoms with van der Waals surface area (Å²) >= 11 is 1.87. The Labute approximate surface area is 100 Å². The number of nitrogens with zero attached hydrogens (tertiary/aromatic N) is 1.